The molecule has 0 aliphatic rings. The van der Waals surface area contributed by atoms with Crippen molar-refractivity contribution in [2.45, 2.75) is 6.54 Å². The maximum Gasteiger partial charge on any atom is 0.0452 e. The van der Waals surface area contributed by atoms with Gasteiger partial charge in [-0.05, 0) is 30.8 Å². The molecule has 0 unspecified atom stereocenters. The van der Waals surface area contributed by atoms with Crippen LogP contribution < -0.4 is 5.73 Å². The van der Waals surface area contributed by atoms with Crippen LogP contribution >= 0.6 is 11.6 Å². The van der Waals surface area contributed by atoms with Crippen molar-refractivity contribution in [3.63, 3.8) is 0 Å². The number of halogens is 1. The molecule has 0 radical (unpaired) electrons. The molecule has 76 valence electrons. The number of hydrogen-bond acceptors (Lipinski definition) is 2. The highest BCUT2D eigenvalue weighted by molar-refractivity contribution is 6.31. The number of likely N-dealkylation sites (N-methyl/N-ethyl adjacent to an activating group) is 1. The van der Waals surface area contributed by atoms with Crippen LogP contribution in [0.3, 0.4) is 0 Å². The molecule has 0 bridgehead atoms. The van der Waals surface area contributed by atoms with Gasteiger partial charge in [-0.2, -0.15) is 0 Å². The van der Waals surface area contributed by atoms with Gasteiger partial charge in [-0.1, -0.05) is 17.7 Å². The molecular formula is C11H15ClN2. The lowest BCUT2D eigenvalue weighted by Crippen LogP contribution is -2.17. The normalized spacial score (nSPS) is 10.5. The molecule has 2 nitrogen and oxygen atoms in total. The van der Waals surface area contributed by atoms with Crippen molar-refractivity contribution in [1.82, 2.24) is 4.90 Å². The summed E-state index contributed by atoms with van der Waals surface area (Å²) >= 11 is 6.03. The summed E-state index contributed by atoms with van der Waals surface area (Å²) in [6.45, 7) is 5.31. The van der Waals surface area contributed by atoms with E-state index in [0.29, 0.717) is 0 Å². The average molecular weight is 211 g/mol. The largest absolute Gasteiger partial charge is 0.399 e. The quantitative estimate of drug-likeness (QED) is 0.612. The van der Waals surface area contributed by atoms with Crippen molar-refractivity contribution in [2.75, 3.05) is 19.3 Å². The minimum Gasteiger partial charge on any atom is -0.399 e. The van der Waals surface area contributed by atoms with E-state index in [1.54, 1.807) is 6.07 Å². The number of benzene rings is 1. The number of nitrogens with two attached hydrogens (primary N) is 1. The SMILES string of the molecule is C=CCN(C)Cc1cc(N)ccc1Cl. The number of hydrogen-bond donors (Lipinski definition) is 1. The number of anilines is 1. The van der Waals surface area contributed by atoms with Gasteiger partial charge in [-0.25, -0.2) is 0 Å². The monoisotopic (exact) mass is 210 g/mol. The van der Waals surface area contributed by atoms with Crippen LogP contribution in [-0.2, 0) is 6.54 Å². The predicted octanol–water partition coefficient (Wildman–Crippen LogP) is 2.54. The Balaban J connectivity index is 2.74. The first-order valence-corrected chi connectivity index (χ1v) is 4.84. The molecule has 1 rings (SSSR count). The lowest BCUT2D eigenvalue weighted by atomic mass is 10.2. The van der Waals surface area contributed by atoms with Gasteiger partial charge < -0.3 is 5.73 Å². The third-order valence-corrected chi connectivity index (χ3v) is 2.32. The van der Waals surface area contributed by atoms with E-state index in [2.05, 4.69) is 11.5 Å². The first kappa shape index (κ1) is 11.1. The van der Waals surface area contributed by atoms with Crippen LogP contribution in [0.4, 0.5) is 5.69 Å². The van der Waals surface area contributed by atoms with Gasteiger partial charge in [0.15, 0.2) is 0 Å². The molecule has 0 aliphatic carbocycles. The molecule has 0 atom stereocenters. The maximum atomic E-state index is 6.03. The van der Waals surface area contributed by atoms with Crippen LogP contribution in [0.15, 0.2) is 30.9 Å². The van der Waals surface area contributed by atoms with E-state index >= 15 is 0 Å². The first-order valence-electron chi connectivity index (χ1n) is 4.47. The highest BCUT2D eigenvalue weighted by Gasteiger charge is 2.03. The average Bonchev–Trinajstić information content (AvgIpc) is 2.12. The third-order valence-electron chi connectivity index (χ3n) is 1.95. The van der Waals surface area contributed by atoms with Crippen molar-refractivity contribution in [2.24, 2.45) is 0 Å². The highest BCUT2D eigenvalue weighted by atomic mass is 35.5. The zero-order valence-electron chi connectivity index (χ0n) is 8.33. The Bertz CT molecular complexity index is 323. The van der Waals surface area contributed by atoms with Gasteiger partial charge in [-0.15, -0.1) is 6.58 Å². The summed E-state index contributed by atoms with van der Waals surface area (Å²) in [7, 11) is 2.02. The lowest BCUT2D eigenvalue weighted by Gasteiger charge is -2.15. The van der Waals surface area contributed by atoms with E-state index in [-0.39, 0.29) is 0 Å². The molecule has 0 aromatic heterocycles. The van der Waals surface area contributed by atoms with Crippen LogP contribution in [0, 0.1) is 0 Å². The summed E-state index contributed by atoms with van der Waals surface area (Å²) < 4.78 is 0. The topological polar surface area (TPSA) is 29.3 Å². The maximum absolute atomic E-state index is 6.03. The number of nitrogens with zero attached hydrogens (tertiary/aromatic N) is 1. The number of rotatable bonds is 4. The second-order valence-electron chi connectivity index (χ2n) is 3.34. The molecule has 0 aliphatic heterocycles. The molecule has 0 fully saturated rings. The smallest absolute Gasteiger partial charge is 0.0452 e. The summed E-state index contributed by atoms with van der Waals surface area (Å²) in [4.78, 5) is 2.12. The van der Waals surface area contributed by atoms with E-state index < -0.39 is 0 Å². The van der Waals surface area contributed by atoms with Crippen molar-refractivity contribution < 1.29 is 0 Å². The van der Waals surface area contributed by atoms with Crippen molar-refractivity contribution in [1.29, 1.82) is 0 Å². The van der Waals surface area contributed by atoms with Gasteiger partial charge in [0.25, 0.3) is 0 Å². The Morgan fingerprint density at radius 1 is 1.57 bits per heavy atom. The van der Waals surface area contributed by atoms with E-state index in [0.717, 1.165) is 29.4 Å². The fourth-order valence-electron chi connectivity index (χ4n) is 1.29. The molecule has 1 aromatic carbocycles. The predicted molar refractivity (Wildman–Crippen MR) is 62.4 cm³/mol. The minimum absolute atomic E-state index is 0.747. The molecule has 3 heteroatoms. The Morgan fingerprint density at radius 2 is 2.29 bits per heavy atom. The van der Waals surface area contributed by atoms with E-state index in [1.165, 1.54) is 0 Å². The van der Waals surface area contributed by atoms with Gasteiger partial charge in [0, 0.05) is 23.8 Å². The molecule has 14 heavy (non-hydrogen) atoms. The fourth-order valence-corrected chi connectivity index (χ4v) is 1.47. The molecule has 0 spiro atoms. The second kappa shape index (κ2) is 5.03. The Kier molecular flexibility index (Phi) is 3.98. The minimum atomic E-state index is 0.747. The molecule has 1 aromatic rings. The summed E-state index contributed by atoms with van der Waals surface area (Å²) in [6, 6.07) is 5.54. The zero-order valence-corrected chi connectivity index (χ0v) is 9.09. The first-order chi connectivity index (χ1) is 6.63. The van der Waals surface area contributed by atoms with Crippen molar-refractivity contribution in [3.8, 4) is 0 Å². The zero-order chi connectivity index (χ0) is 10.6. The molecule has 0 heterocycles. The van der Waals surface area contributed by atoms with Crippen molar-refractivity contribution in [3.05, 3.63) is 41.4 Å². The third kappa shape index (κ3) is 3.05. The van der Waals surface area contributed by atoms with Gasteiger partial charge in [-0.3, -0.25) is 4.90 Å². The van der Waals surface area contributed by atoms with Gasteiger partial charge in [0.2, 0.25) is 0 Å². The van der Waals surface area contributed by atoms with Crippen LogP contribution in [0.1, 0.15) is 5.56 Å². The Labute approximate surface area is 90.0 Å². The summed E-state index contributed by atoms with van der Waals surface area (Å²) in [5, 5.41) is 0.759. The number of nitrogen functional groups attached to an aromatic ring is 1. The van der Waals surface area contributed by atoms with Crippen molar-refractivity contribution >= 4 is 17.3 Å². The molecule has 0 saturated carbocycles. The van der Waals surface area contributed by atoms with Gasteiger partial charge >= 0.3 is 0 Å². The standard InChI is InChI=1S/C11H15ClN2/c1-3-6-14(2)8-9-7-10(13)4-5-11(9)12/h3-5,7H,1,6,8,13H2,2H3. The summed E-state index contributed by atoms with van der Waals surface area (Å²) in [5.74, 6) is 0. The summed E-state index contributed by atoms with van der Waals surface area (Å²) in [6.07, 6.45) is 1.86. The molecular weight excluding hydrogens is 196 g/mol. The summed E-state index contributed by atoms with van der Waals surface area (Å²) in [5.41, 5.74) is 7.48. The highest BCUT2D eigenvalue weighted by Crippen LogP contribution is 2.19. The van der Waals surface area contributed by atoms with Crippen LogP contribution in [0.2, 0.25) is 5.02 Å². The van der Waals surface area contributed by atoms with E-state index in [4.69, 9.17) is 17.3 Å². The van der Waals surface area contributed by atoms with Crippen LogP contribution in [0.5, 0.6) is 0 Å². The van der Waals surface area contributed by atoms with E-state index in [1.807, 2.05) is 25.3 Å². The van der Waals surface area contributed by atoms with Gasteiger partial charge in [0.1, 0.15) is 0 Å². The fraction of sp³-hybridized carbons (Fsp3) is 0.273. The Hall–Kier alpha value is -0.990. The second-order valence-corrected chi connectivity index (χ2v) is 3.74. The molecule has 0 amide bonds. The molecule has 0 saturated heterocycles. The lowest BCUT2D eigenvalue weighted by molar-refractivity contribution is 0.364. The van der Waals surface area contributed by atoms with E-state index in [9.17, 15) is 0 Å². The molecule has 2 N–H and O–H groups in total. The van der Waals surface area contributed by atoms with Gasteiger partial charge in [0.05, 0.1) is 0 Å². The van der Waals surface area contributed by atoms with Crippen LogP contribution in [0.25, 0.3) is 0 Å². The Morgan fingerprint density at radius 3 is 2.93 bits per heavy atom. The van der Waals surface area contributed by atoms with Crippen LogP contribution in [-0.4, -0.2) is 18.5 Å².